The van der Waals surface area contributed by atoms with Crippen LogP contribution in [0.5, 0.6) is 0 Å². The number of aliphatic hydroxyl groups is 2. The van der Waals surface area contributed by atoms with Crippen LogP contribution < -0.4 is 0 Å². The second-order valence-electron chi connectivity index (χ2n) is 5.63. The molecule has 1 aromatic rings. The van der Waals surface area contributed by atoms with Gasteiger partial charge in [-0.2, -0.15) is 0 Å². The summed E-state index contributed by atoms with van der Waals surface area (Å²) in [6.45, 7) is 6.61. The number of aliphatic hydroxyl groups excluding tert-OH is 2. The third-order valence-electron chi connectivity index (χ3n) is 3.74. The summed E-state index contributed by atoms with van der Waals surface area (Å²) < 4.78 is 0. The van der Waals surface area contributed by atoms with Crippen LogP contribution in [0.2, 0.25) is 10.0 Å². The molecule has 2 N–H and O–H groups in total. The second-order valence-corrected chi connectivity index (χ2v) is 6.48. The molecule has 6 heteroatoms. The van der Waals surface area contributed by atoms with Crippen molar-refractivity contribution < 1.29 is 10.2 Å². The first-order valence-electron chi connectivity index (χ1n) is 7.21. The van der Waals surface area contributed by atoms with E-state index in [1.54, 1.807) is 25.1 Å². The molecule has 21 heavy (non-hydrogen) atoms. The van der Waals surface area contributed by atoms with Crippen LogP contribution >= 0.6 is 23.2 Å². The fraction of sp³-hybridized carbons (Fsp3) is 0.600. The molecular formula is C15H22Cl2N2O2. The Bertz CT molecular complexity index is 463. The van der Waals surface area contributed by atoms with Gasteiger partial charge in [0, 0.05) is 54.9 Å². The van der Waals surface area contributed by atoms with Crippen molar-refractivity contribution in [3.8, 4) is 0 Å². The summed E-state index contributed by atoms with van der Waals surface area (Å²) in [5, 5.41) is 20.9. The molecule has 0 aliphatic carbocycles. The zero-order valence-electron chi connectivity index (χ0n) is 12.2. The summed E-state index contributed by atoms with van der Waals surface area (Å²) in [6, 6.07) is 5.15. The Labute approximate surface area is 135 Å². The van der Waals surface area contributed by atoms with E-state index in [0.717, 1.165) is 26.2 Å². The quantitative estimate of drug-likeness (QED) is 0.866. The van der Waals surface area contributed by atoms with Gasteiger partial charge in [-0.05, 0) is 25.1 Å². The minimum Gasteiger partial charge on any atom is -0.392 e. The van der Waals surface area contributed by atoms with Crippen LogP contribution in [0.4, 0.5) is 0 Å². The highest BCUT2D eigenvalue weighted by Crippen LogP contribution is 2.27. The van der Waals surface area contributed by atoms with Crippen molar-refractivity contribution in [1.29, 1.82) is 0 Å². The molecule has 0 bridgehead atoms. The standard InChI is InChI=1S/C15H22Cl2N2O2/c1-11(20)9-18-4-6-19(7-5-18)10-15(21)13-8-12(16)2-3-14(13)17/h2-3,8,11,15,20-21H,4-7,9-10H2,1H3/t11-,15+/m0/s1. The molecule has 118 valence electrons. The highest BCUT2D eigenvalue weighted by molar-refractivity contribution is 6.33. The third kappa shape index (κ3) is 5.09. The SMILES string of the molecule is C[C@H](O)CN1CCN(C[C@@H](O)c2cc(Cl)ccc2Cl)CC1. The van der Waals surface area contributed by atoms with Gasteiger partial charge in [0.05, 0.1) is 12.2 Å². The molecule has 4 nitrogen and oxygen atoms in total. The summed E-state index contributed by atoms with van der Waals surface area (Å²) >= 11 is 12.1. The maximum atomic E-state index is 10.4. The molecule has 1 heterocycles. The number of nitrogens with zero attached hydrogens (tertiary/aromatic N) is 2. The molecule has 0 aromatic heterocycles. The molecule has 0 amide bonds. The molecule has 1 aliphatic heterocycles. The molecule has 0 saturated carbocycles. The molecule has 1 saturated heterocycles. The fourth-order valence-corrected chi connectivity index (χ4v) is 3.07. The molecule has 1 aromatic carbocycles. The van der Waals surface area contributed by atoms with Gasteiger partial charge in [-0.3, -0.25) is 9.80 Å². The maximum absolute atomic E-state index is 10.4. The Morgan fingerprint density at radius 1 is 1.05 bits per heavy atom. The molecule has 0 radical (unpaired) electrons. The smallest absolute Gasteiger partial charge is 0.0931 e. The lowest BCUT2D eigenvalue weighted by Crippen LogP contribution is -2.49. The number of piperazine rings is 1. The van der Waals surface area contributed by atoms with Gasteiger partial charge in [0.25, 0.3) is 0 Å². The van der Waals surface area contributed by atoms with E-state index >= 15 is 0 Å². The van der Waals surface area contributed by atoms with Gasteiger partial charge in [-0.25, -0.2) is 0 Å². The average molecular weight is 333 g/mol. The summed E-state index contributed by atoms with van der Waals surface area (Å²) in [5.74, 6) is 0. The molecule has 2 atom stereocenters. The normalized spacial score (nSPS) is 20.4. The van der Waals surface area contributed by atoms with Crippen molar-refractivity contribution in [3.05, 3.63) is 33.8 Å². The number of hydrogen-bond donors (Lipinski definition) is 2. The summed E-state index contributed by atoms with van der Waals surface area (Å²) in [5.41, 5.74) is 0.676. The first kappa shape index (κ1) is 17.0. The fourth-order valence-electron chi connectivity index (χ4n) is 2.64. The molecular weight excluding hydrogens is 311 g/mol. The van der Waals surface area contributed by atoms with Crippen molar-refractivity contribution in [3.63, 3.8) is 0 Å². The number of benzene rings is 1. The summed E-state index contributed by atoms with van der Waals surface area (Å²) in [4.78, 5) is 4.44. The van der Waals surface area contributed by atoms with E-state index in [9.17, 15) is 10.2 Å². The number of halogens is 2. The van der Waals surface area contributed by atoms with Crippen molar-refractivity contribution in [2.75, 3.05) is 39.3 Å². The van der Waals surface area contributed by atoms with Gasteiger partial charge in [0.15, 0.2) is 0 Å². The van der Waals surface area contributed by atoms with E-state index < -0.39 is 6.10 Å². The van der Waals surface area contributed by atoms with Crippen molar-refractivity contribution in [1.82, 2.24) is 9.80 Å². The van der Waals surface area contributed by atoms with Crippen molar-refractivity contribution >= 4 is 23.2 Å². The van der Waals surface area contributed by atoms with Crippen LogP contribution in [0.1, 0.15) is 18.6 Å². The summed E-state index contributed by atoms with van der Waals surface area (Å²) in [7, 11) is 0. The Kier molecular flexibility index (Phi) is 6.29. The number of hydrogen-bond acceptors (Lipinski definition) is 4. The minimum atomic E-state index is -0.639. The Hall–Kier alpha value is -0.360. The predicted octanol–water partition coefficient (Wildman–Crippen LogP) is 2.03. The monoisotopic (exact) mass is 332 g/mol. The third-order valence-corrected chi connectivity index (χ3v) is 4.31. The van der Waals surface area contributed by atoms with Gasteiger partial charge in [-0.15, -0.1) is 0 Å². The van der Waals surface area contributed by atoms with Crippen molar-refractivity contribution in [2.45, 2.75) is 19.1 Å². The van der Waals surface area contributed by atoms with Crippen LogP contribution in [-0.2, 0) is 0 Å². The van der Waals surface area contributed by atoms with E-state index in [1.165, 1.54) is 0 Å². The Morgan fingerprint density at radius 2 is 1.62 bits per heavy atom. The second kappa shape index (κ2) is 7.77. The van der Waals surface area contributed by atoms with Gasteiger partial charge >= 0.3 is 0 Å². The Balaban J connectivity index is 1.87. The van der Waals surface area contributed by atoms with E-state index in [-0.39, 0.29) is 6.10 Å². The van der Waals surface area contributed by atoms with E-state index in [4.69, 9.17) is 23.2 Å². The van der Waals surface area contributed by atoms with Gasteiger partial charge in [-0.1, -0.05) is 23.2 Å². The van der Waals surface area contributed by atoms with E-state index in [0.29, 0.717) is 28.7 Å². The maximum Gasteiger partial charge on any atom is 0.0931 e. The zero-order chi connectivity index (χ0) is 15.4. The highest BCUT2D eigenvalue weighted by atomic mass is 35.5. The topological polar surface area (TPSA) is 46.9 Å². The van der Waals surface area contributed by atoms with Crippen LogP contribution in [0.15, 0.2) is 18.2 Å². The van der Waals surface area contributed by atoms with Gasteiger partial charge in [0.2, 0.25) is 0 Å². The number of rotatable bonds is 5. The molecule has 2 rings (SSSR count). The van der Waals surface area contributed by atoms with E-state index in [1.807, 2.05) is 0 Å². The molecule has 1 fully saturated rings. The Morgan fingerprint density at radius 3 is 2.19 bits per heavy atom. The van der Waals surface area contributed by atoms with Gasteiger partial charge < -0.3 is 10.2 Å². The largest absolute Gasteiger partial charge is 0.392 e. The van der Waals surface area contributed by atoms with E-state index in [2.05, 4.69) is 9.80 Å². The zero-order valence-corrected chi connectivity index (χ0v) is 13.7. The first-order chi connectivity index (χ1) is 9.95. The van der Waals surface area contributed by atoms with Crippen LogP contribution in [0, 0.1) is 0 Å². The van der Waals surface area contributed by atoms with Crippen LogP contribution in [-0.4, -0.2) is 65.4 Å². The minimum absolute atomic E-state index is 0.299. The summed E-state index contributed by atoms with van der Waals surface area (Å²) in [6.07, 6.45) is -0.938. The van der Waals surface area contributed by atoms with Crippen LogP contribution in [0.25, 0.3) is 0 Å². The molecule has 0 spiro atoms. The molecule has 0 unspecified atom stereocenters. The highest BCUT2D eigenvalue weighted by Gasteiger charge is 2.21. The van der Waals surface area contributed by atoms with Crippen molar-refractivity contribution in [2.24, 2.45) is 0 Å². The average Bonchev–Trinajstić information content (AvgIpc) is 2.43. The lowest BCUT2D eigenvalue weighted by Gasteiger charge is -2.36. The number of β-amino-alcohol motifs (C(OH)–C–C–N with tert-alkyl or cyclic N) is 2. The first-order valence-corrected chi connectivity index (χ1v) is 7.97. The lowest BCUT2D eigenvalue weighted by atomic mass is 10.1. The van der Waals surface area contributed by atoms with Gasteiger partial charge in [0.1, 0.15) is 0 Å². The molecule has 1 aliphatic rings. The van der Waals surface area contributed by atoms with Crippen LogP contribution in [0.3, 0.4) is 0 Å². The predicted molar refractivity (Wildman–Crippen MR) is 86.0 cm³/mol. The lowest BCUT2D eigenvalue weighted by molar-refractivity contribution is 0.0527.